The lowest BCUT2D eigenvalue weighted by atomic mass is 10.0. The van der Waals surface area contributed by atoms with E-state index >= 15 is 0 Å². The molecule has 0 aliphatic heterocycles. The zero-order valence-electron chi connectivity index (χ0n) is 38.1. The van der Waals surface area contributed by atoms with Crippen molar-refractivity contribution in [3.8, 4) is 17.2 Å². The molecule has 0 fully saturated rings. The monoisotopic (exact) mass is 996 g/mol. The summed E-state index contributed by atoms with van der Waals surface area (Å²) in [5, 5.41) is 35.5. The number of hydrogen-bond acceptors (Lipinski definition) is 16. The number of phenolic OH excluding ortho intramolecular Hbond substituents is 1. The highest BCUT2D eigenvalue weighted by molar-refractivity contribution is 8.03. The number of thioether (sulfide) groups is 2. The molecule has 0 atom stereocenters. The van der Waals surface area contributed by atoms with E-state index in [0.29, 0.717) is 37.5 Å². The molecule has 0 saturated carbocycles. The second-order valence-corrected chi connectivity index (χ2v) is 21.0. The molecule has 1 heterocycles. The molecule has 1 aromatic heterocycles. The standard InChI is InChI=1S/C46H56N6O11S4/c1-6-8-9-10-11-12-13-14-15-16-26-51(46(56)63-40-24-20-31(27-38(40)52(57)58)29-64-44-48-49-45(66-44)65-30-41(53)62-7-2)37-19-17-18-34-33(37)22-23-35(42(34)54)43(55)47-36-28-32(21-25-39(36)61-5)67(59,60)50(3)4/h17-25,27-28,54H,6-16,26,29-30H2,1-5H3,(H,47,55). The minimum Gasteiger partial charge on any atom is -0.506 e. The number of nitrogens with one attached hydrogen (secondary N) is 1. The van der Waals surface area contributed by atoms with E-state index in [1.807, 2.05) is 0 Å². The van der Waals surface area contributed by atoms with Crippen molar-refractivity contribution < 1.29 is 47.0 Å². The minimum absolute atomic E-state index is 0.0592. The van der Waals surface area contributed by atoms with Crippen molar-refractivity contribution in [3.63, 3.8) is 0 Å². The van der Waals surface area contributed by atoms with Gasteiger partial charge >= 0.3 is 17.7 Å². The maximum atomic E-state index is 14.3. The van der Waals surface area contributed by atoms with E-state index in [0.717, 1.165) is 30.0 Å². The molecular weight excluding hydrogens is 941 g/mol. The number of aromatic nitrogens is 2. The number of methoxy groups -OCH3 is 1. The Hall–Kier alpha value is -5.48. The van der Waals surface area contributed by atoms with Crippen LogP contribution in [0.25, 0.3) is 10.8 Å². The predicted octanol–water partition coefficient (Wildman–Crippen LogP) is 10.7. The smallest absolute Gasteiger partial charge is 0.420 e. The topological polar surface area (TPSA) is 221 Å². The number of amides is 2. The summed E-state index contributed by atoms with van der Waals surface area (Å²) in [5.41, 5.74) is 0.426. The summed E-state index contributed by atoms with van der Waals surface area (Å²) in [4.78, 5) is 52.8. The third-order valence-electron chi connectivity index (χ3n) is 10.5. The number of esters is 1. The molecule has 0 unspecified atom stereocenters. The molecule has 0 spiro atoms. The number of carbonyl (C=O) groups excluding carboxylic acids is 3. The number of benzene rings is 4. The summed E-state index contributed by atoms with van der Waals surface area (Å²) in [7, 11) is 0.286. The molecular formula is C46H56N6O11S4. The summed E-state index contributed by atoms with van der Waals surface area (Å²) in [6, 6.07) is 16.2. The third-order valence-corrected chi connectivity index (χ3v) is 15.5. The number of aromatic hydroxyl groups is 1. The van der Waals surface area contributed by atoms with Gasteiger partial charge in [0.25, 0.3) is 5.91 Å². The maximum Gasteiger partial charge on any atom is 0.420 e. The zero-order valence-corrected chi connectivity index (χ0v) is 41.4. The lowest BCUT2D eigenvalue weighted by molar-refractivity contribution is -0.385. The molecule has 0 aliphatic rings. The first-order valence-corrected chi connectivity index (χ1v) is 26.1. The molecule has 0 radical (unpaired) electrons. The number of rotatable bonds is 26. The van der Waals surface area contributed by atoms with E-state index in [-0.39, 0.29) is 57.9 Å². The molecule has 5 rings (SSSR count). The molecule has 0 saturated heterocycles. The van der Waals surface area contributed by atoms with Crippen molar-refractivity contribution in [3.05, 3.63) is 88.0 Å². The van der Waals surface area contributed by atoms with E-state index in [9.17, 15) is 38.0 Å². The normalized spacial score (nSPS) is 11.4. The van der Waals surface area contributed by atoms with Gasteiger partial charge in [-0.1, -0.05) is 124 Å². The van der Waals surface area contributed by atoms with Gasteiger partial charge < -0.3 is 24.6 Å². The molecule has 2 N–H and O–H groups in total. The fourth-order valence-electron chi connectivity index (χ4n) is 6.97. The van der Waals surface area contributed by atoms with Crippen molar-refractivity contribution in [2.75, 3.05) is 50.3 Å². The van der Waals surface area contributed by atoms with Gasteiger partial charge in [-0.05, 0) is 55.3 Å². The van der Waals surface area contributed by atoms with Gasteiger partial charge in [-0.25, -0.2) is 17.5 Å². The lowest BCUT2D eigenvalue weighted by Crippen LogP contribution is -2.34. The predicted molar refractivity (Wildman–Crippen MR) is 263 cm³/mol. The maximum absolute atomic E-state index is 14.3. The van der Waals surface area contributed by atoms with Crippen LogP contribution in [0, 0.1) is 10.1 Å². The first kappa shape index (κ1) is 52.5. The van der Waals surface area contributed by atoms with E-state index < -0.39 is 38.4 Å². The van der Waals surface area contributed by atoms with Crippen molar-refractivity contribution in [2.24, 2.45) is 0 Å². The summed E-state index contributed by atoms with van der Waals surface area (Å²) in [6.07, 6.45) is 9.70. The van der Waals surface area contributed by atoms with Gasteiger partial charge in [0.05, 0.1) is 46.2 Å². The largest absolute Gasteiger partial charge is 0.506 e. The van der Waals surface area contributed by atoms with Gasteiger partial charge in [0.15, 0.2) is 8.68 Å². The van der Waals surface area contributed by atoms with Crippen LogP contribution in [-0.2, 0) is 25.3 Å². The van der Waals surface area contributed by atoms with Crippen molar-refractivity contribution in [1.82, 2.24) is 14.5 Å². The Labute approximate surface area is 403 Å². The van der Waals surface area contributed by atoms with Crippen LogP contribution >= 0.6 is 34.9 Å². The average molecular weight is 997 g/mol. The lowest BCUT2D eigenvalue weighted by Gasteiger charge is -2.24. The van der Waals surface area contributed by atoms with Crippen molar-refractivity contribution >= 4 is 90.7 Å². The van der Waals surface area contributed by atoms with E-state index in [4.69, 9.17) is 14.2 Å². The fourth-order valence-corrected chi connectivity index (χ4v) is 10.7. The van der Waals surface area contributed by atoms with Crippen LogP contribution in [0.15, 0.2) is 80.3 Å². The van der Waals surface area contributed by atoms with Crippen LogP contribution in [0.5, 0.6) is 17.2 Å². The first-order valence-electron chi connectivity index (χ1n) is 21.9. The van der Waals surface area contributed by atoms with Crippen LogP contribution in [-0.4, -0.2) is 91.0 Å². The molecule has 5 aromatic rings. The number of phenols is 1. The van der Waals surface area contributed by atoms with Gasteiger partial charge in [0.1, 0.15) is 11.5 Å². The summed E-state index contributed by atoms with van der Waals surface area (Å²) < 4.78 is 44.1. The Morgan fingerprint density at radius 3 is 2.18 bits per heavy atom. The number of hydrogen-bond donors (Lipinski definition) is 2. The number of anilines is 2. The van der Waals surface area contributed by atoms with Crippen LogP contribution < -0.4 is 19.7 Å². The second-order valence-electron chi connectivity index (χ2n) is 15.4. The Morgan fingerprint density at radius 2 is 1.52 bits per heavy atom. The Bertz CT molecular complexity index is 2630. The number of sulfonamides is 1. The van der Waals surface area contributed by atoms with Gasteiger partial charge in [-0.2, -0.15) is 0 Å². The number of carbonyl (C=O) groups is 3. The van der Waals surface area contributed by atoms with Crippen molar-refractivity contribution in [1.29, 1.82) is 0 Å². The highest BCUT2D eigenvalue weighted by Crippen LogP contribution is 2.38. The Balaban J connectivity index is 1.38. The SMILES string of the molecule is CCCCCCCCCCCCN(C(=O)Oc1ccc(CSc2nnc(SCC(=O)OCC)s2)cc1[N+](=O)[O-])c1cccc2c(O)c(C(=O)Nc3cc(S(=O)(=O)N(C)C)ccc3OC)ccc12. The fraction of sp³-hybridized carbons (Fsp3) is 0.413. The molecule has 21 heteroatoms. The molecule has 4 aromatic carbocycles. The zero-order chi connectivity index (χ0) is 48.5. The van der Waals surface area contributed by atoms with Crippen LogP contribution in [0.2, 0.25) is 0 Å². The minimum atomic E-state index is -3.86. The summed E-state index contributed by atoms with van der Waals surface area (Å²) in [5.74, 6) is -1.18. The van der Waals surface area contributed by atoms with Gasteiger partial charge in [0, 0.05) is 43.2 Å². The third kappa shape index (κ3) is 14.5. The Kier molecular flexibility index (Phi) is 20.1. The highest BCUT2D eigenvalue weighted by Gasteiger charge is 2.27. The summed E-state index contributed by atoms with van der Waals surface area (Å²) in [6.45, 7) is 4.39. The molecule has 17 nitrogen and oxygen atoms in total. The second kappa shape index (κ2) is 25.6. The molecule has 0 bridgehead atoms. The van der Waals surface area contributed by atoms with Crippen LogP contribution in [0.3, 0.4) is 0 Å². The van der Waals surface area contributed by atoms with Crippen molar-refractivity contribution in [2.45, 2.75) is 97.4 Å². The van der Waals surface area contributed by atoms with Gasteiger partial charge in [-0.15, -0.1) is 10.2 Å². The summed E-state index contributed by atoms with van der Waals surface area (Å²) >= 11 is 3.81. The number of ether oxygens (including phenoxy) is 3. The van der Waals surface area contributed by atoms with E-state index in [1.54, 1.807) is 37.3 Å². The quantitative estimate of drug-likeness (QED) is 0.0173. The van der Waals surface area contributed by atoms with Gasteiger partial charge in [0.2, 0.25) is 15.8 Å². The number of nitro groups is 1. The first-order chi connectivity index (χ1) is 32.2. The van der Waals surface area contributed by atoms with E-state index in [2.05, 4.69) is 22.4 Å². The molecule has 2 amide bonds. The Morgan fingerprint density at radius 1 is 0.851 bits per heavy atom. The van der Waals surface area contributed by atoms with E-state index in [1.165, 1.54) is 129 Å². The van der Waals surface area contributed by atoms with Gasteiger partial charge in [-0.3, -0.25) is 24.6 Å². The average Bonchev–Trinajstić information content (AvgIpc) is 3.77. The number of fused-ring (bicyclic) bond motifs is 1. The molecule has 0 aliphatic carbocycles. The molecule has 360 valence electrons. The number of nitro benzene ring substituents is 1. The highest BCUT2D eigenvalue weighted by atomic mass is 32.2. The number of nitrogens with zero attached hydrogens (tertiary/aromatic N) is 5. The van der Waals surface area contributed by atoms with Crippen LogP contribution in [0.4, 0.5) is 21.9 Å². The van der Waals surface area contributed by atoms with Crippen LogP contribution in [0.1, 0.15) is 94.0 Å². The number of unbranched alkanes of at least 4 members (excludes halogenated alkanes) is 9. The molecule has 67 heavy (non-hydrogen) atoms.